The summed E-state index contributed by atoms with van der Waals surface area (Å²) in [7, 11) is 0. The van der Waals surface area contributed by atoms with Crippen molar-refractivity contribution in [3.05, 3.63) is 29.5 Å². The van der Waals surface area contributed by atoms with E-state index in [2.05, 4.69) is 0 Å². The summed E-state index contributed by atoms with van der Waals surface area (Å²) in [4.78, 5) is 11.4. The van der Waals surface area contributed by atoms with Crippen molar-refractivity contribution in [2.45, 2.75) is 45.1 Å². The Balaban J connectivity index is 1.60. The van der Waals surface area contributed by atoms with Crippen LogP contribution in [0.25, 0.3) is 11.0 Å². The molecule has 0 bridgehead atoms. The molecule has 4 rings (SSSR count). The van der Waals surface area contributed by atoms with Crippen LogP contribution in [0, 0.1) is 18.8 Å². The zero-order chi connectivity index (χ0) is 15.3. The summed E-state index contributed by atoms with van der Waals surface area (Å²) in [5.74, 6) is 1.90. The van der Waals surface area contributed by atoms with Gasteiger partial charge in [0.25, 0.3) is 0 Å². The molecule has 0 spiro atoms. The molecule has 0 aliphatic heterocycles. The van der Waals surface area contributed by atoms with E-state index in [-0.39, 0.29) is 11.7 Å². The lowest BCUT2D eigenvalue weighted by atomic mass is 10.0. The molecule has 4 nitrogen and oxygen atoms in total. The third-order valence-corrected chi connectivity index (χ3v) is 5.30. The Morgan fingerprint density at radius 3 is 2.68 bits per heavy atom. The van der Waals surface area contributed by atoms with E-state index in [1.165, 1.54) is 19.3 Å². The largest absolute Gasteiger partial charge is 0.490 e. The van der Waals surface area contributed by atoms with Crippen LogP contribution in [0.15, 0.2) is 22.6 Å². The van der Waals surface area contributed by atoms with Crippen LogP contribution in [-0.2, 0) is 0 Å². The van der Waals surface area contributed by atoms with E-state index >= 15 is 0 Å². The number of benzene rings is 1. The van der Waals surface area contributed by atoms with E-state index in [0.717, 1.165) is 30.4 Å². The number of carboxylic acid groups (broad SMARTS) is 1. The fourth-order valence-corrected chi connectivity index (χ4v) is 4.33. The first-order valence-electron chi connectivity index (χ1n) is 8.05. The number of fused-ring (bicyclic) bond motifs is 2. The molecule has 1 heterocycles. The molecule has 1 aromatic heterocycles. The topological polar surface area (TPSA) is 59.7 Å². The molecule has 2 aromatic rings. The molecule has 0 amide bonds. The molecule has 2 aliphatic carbocycles. The Kier molecular flexibility index (Phi) is 3.13. The lowest BCUT2D eigenvalue weighted by Gasteiger charge is -2.14. The molecule has 1 N–H and O–H groups in total. The number of carboxylic acids is 1. The van der Waals surface area contributed by atoms with Gasteiger partial charge in [0.1, 0.15) is 22.7 Å². The first kappa shape index (κ1) is 13.7. The summed E-state index contributed by atoms with van der Waals surface area (Å²) in [6.07, 6.45) is 6.60. The van der Waals surface area contributed by atoms with Gasteiger partial charge < -0.3 is 14.3 Å². The van der Waals surface area contributed by atoms with E-state index in [1.807, 2.05) is 12.1 Å². The SMILES string of the molecule is Cc1oc2ccc(OC3CC4CCCC4C3)cc2c1C(=O)O. The van der Waals surface area contributed by atoms with Gasteiger partial charge in [-0.1, -0.05) is 19.3 Å². The predicted octanol–water partition coefficient (Wildman–Crippen LogP) is 4.40. The van der Waals surface area contributed by atoms with E-state index in [4.69, 9.17) is 9.15 Å². The van der Waals surface area contributed by atoms with Crippen LogP contribution in [0.3, 0.4) is 0 Å². The van der Waals surface area contributed by atoms with Gasteiger partial charge >= 0.3 is 5.97 Å². The lowest BCUT2D eigenvalue weighted by molar-refractivity contribution is 0.0697. The van der Waals surface area contributed by atoms with Crippen molar-refractivity contribution in [1.82, 2.24) is 0 Å². The maximum Gasteiger partial charge on any atom is 0.339 e. The van der Waals surface area contributed by atoms with Gasteiger partial charge in [-0.25, -0.2) is 4.79 Å². The number of aromatic carboxylic acids is 1. The van der Waals surface area contributed by atoms with Crippen LogP contribution in [0.1, 0.15) is 48.2 Å². The third-order valence-electron chi connectivity index (χ3n) is 5.30. The van der Waals surface area contributed by atoms with Gasteiger partial charge in [0.05, 0.1) is 6.10 Å². The number of furan rings is 1. The highest BCUT2D eigenvalue weighted by Gasteiger charge is 2.38. The standard InChI is InChI=1S/C18H20O4/c1-10-17(18(19)20)15-9-13(5-6-16(15)21-10)22-14-7-11-3-2-4-12(11)8-14/h5-6,9,11-12,14H,2-4,7-8H2,1H3,(H,19,20). The molecule has 1 aromatic carbocycles. The Bertz CT molecular complexity index is 718. The van der Waals surface area contributed by atoms with Crippen LogP contribution in [0.2, 0.25) is 0 Å². The monoisotopic (exact) mass is 300 g/mol. The minimum absolute atomic E-state index is 0.240. The van der Waals surface area contributed by atoms with Crippen molar-refractivity contribution >= 4 is 16.9 Å². The molecule has 0 radical (unpaired) electrons. The Morgan fingerprint density at radius 2 is 2.00 bits per heavy atom. The summed E-state index contributed by atoms with van der Waals surface area (Å²) in [6.45, 7) is 1.68. The minimum Gasteiger partial charge on any atom is -0.490 e. The first-order chi connectivity index (χ1) is 10.6. The van der Waals surface area contributed by atoms with Crippen molar-refractivity contribution in [2.24, 2.45) is 11.8 Å². The molecule has 2 saturated carbocycles. The van der Waals surface area contributed by atoms with Gasteiger partial charge in [0.15, 0.2) is 0 Å². The van der Waals surface area contributed by atoms with Gasteiger partial charge in [0, 0.05) is 5.39 Å². The number of rotatable bonds is 3. The predicted molar refractivity (Wildman–Crippen MR) is 82.4 cm³/mol. The summed E-state index contributed by atoms with van der Waals surface area (Å²) < 4.78 is 11.6. The van der Waals surface area contributed by atoms with Crippen LogP contribution in [0.5, 0.6) is 5.75 Å². The van der Waals surface area contributed by atoms with Gasteiger partial charge in [-0.3, -0.25) is 0 Å². The molecule has 2 aliphatic rings. The average Bonchev–Trinajstić information content (AvgIpc) is 3.09. The maximum atomic E-state index is 11.4. The zero-order valence-electron chi connectivity index (χ0n) is 12.7. The molecule has 2 fully saturated rings. The number of hydrogen-bond donors (Lipinski definition) is 1. The Labute approximate surface area is 129 Å². The molecule has 0 saturated heterocycles. The quantitative estimate of drug-likeness (QED) is 0.912. The number of ether oxygens (including phenoxy) is 1. The van der Waals surface area contributed by atoms with E-state index in [1.54, 1.807) is 13.0 Å². The maximum absolute atomic E-state index is 11.4. The fraction of sp³-hybridized carbons (Fsp3) is 0.500. The molecule has 22 heavy (non-hydrogen) atoms. The van der Waals surface area contributed by atoms with Crippen LogP contribution >= 0.6 is 0 Å². The highest BCUT2D eigenvalue weighted by Crippen LogP contribution is 2.45. The molecular formula is C18H20O4. The normalized spacial score (nSPS) is 27.2. The molecule has 2 unspecified atom stereocenters. The van der Waals surface area contributed by atoms with Crippen molar-refractivity contribution < 1.29 is 19.1 Å². The second kappa shape index (κ2) is 5.04. The van der Waals surface area contributed by atoms with Crippen molar-refractivity contribution in [1.29, 1.82) is 0 Å². The van der Waals surface area contributed by atoms with Crippen LogP contribution < -0.4 is 4.74 Å². The van der Waals surface area contributed by atoms with Crippen LogP contribution in [-0.4, -0.2) is 17.2 Å². The van der Waals surface area contributed by atoms with Gasteiger partial charge in [-0.15, -0.1) is 0 Å². The van der Waals surface area contributed by atoms with E-state index in [9.17, 15) is 9.90 Å². The number of carbonyl (C=O) groups is 1. The summed E-state index contributed by atoms with van der Waals surface area (Å²) in [5.41, 5.74) is 0.842. The average molecular weight is 300 g/mol. The third kappa shape index (κ3) is 2.18. The highest BCUT2D eigenvalue weighted by molar-refractivity contribution is 6.03. The van der Waals surface area contributed by atoms with E-state index < -0.39 is 5.97 Å². The first-order valence-corrected chi connectivity index (χ1v) is 8.05. The second-order valence-electron chi connectivity index (χ2n) is 6.66. The lowest BCUT2D eigenvalue weighted by Crippen LogP contribution is -2.12. The number of hydrogen-bond acceptors (Lipinski definition) is 3. The number of aryl methyl sites for hydroxylation is 1. The molecule has 2 atom stereocenters. The highest BCUT2D eigenvalue weighted by atomic mass is 16.5. The van der Waals surface area contributed by atoms with Crippen molar-refractivity contribution in [2.75, 3.05) is 0 Å². The smallest absolute Gasteiger partial charge is 0.339 e. The van der Waals surface area contributed by atoms with Crippen molar-refractivity contribution in [3.8, 4) is 5.75 Å². The molecular weight excluding hydrogens is 280 g/mol. The van der Waals surface area contributed by atoms with Gasteiger partial charge in [-0.2, -0.15) is 0 Å². The van der Waals surface area contributed by atoms with Crippen LogP contribution in [0.4, 0.5) is 0 Å². The Morgan fingerprint density at radius 1 is 1.27 bits per heavy atom. The minimum atomic E-state index is -0.955. The summed E-state index contributed by atoms with van der Waals surface area (Å²) in [6, 6.07) is 5.49. The fourth-order valence-electron chi connectivity index (χ4n) is 4.33. The van der Waals surface area contributed by atoms with Gasteiger partial charge in [0.2, 0.25) is 0 Å². The molecule has 116 valence electrons. The molecule has 4 heteroatoms. The van der Waals surface area contributed by atoms with Gasteiger partial charge in [-0.05, 0) is 49.8 Å². The Hall–Kier alpha value is -1.97. The van der Waals surface area contributed by atoms with E-state index in [0.29, 0.717) is 16.7 Å². The summed E-state index contributed by atoms with van der Waals surface area (Å²) in [5, 5.41) is 9.96. The van der Waals surface area contributed by atoms with Crippen molar-refractivity contribution in [3.63, 3.8) is 0 Å². The second-order valence-corrected chi connectivity index (χ2v) is 6.66. The summed E-state index contributed by atoms with van der Waals surface area (Å²) >= 11 is 0. The zero-order valence-corrected chi connectivity index (χ0v) is 12.7.